The molecule has 11 heteroatoms. The molecule has 0 radical (unpaired) electrons. The van der Waals surface area contributed by atoms with E-state index < -0.39 is 31.9 Å². The van der Waals surface area contributed by atoms with Crippen molar-refractivity contribution in [2.75, 3.05) is 26.0 Å². The van der Waals surface area contributed by atoms with Crippen molar-refractivity contribution in [3.8, 4) is 0 Å². The topological polar surface area (TPSA) is 107 Å². The molecule has 1 aromatic carbocycles. The molecule has 0 unspecified atom stereocenters. The number of sulfonamides is 1. The van der Waals surface area contributed by atoms with Crippen LogP contribution in [-0.2, 0) is 19.6 Å². The monoisotopic (exact) mass is 380 g/mol. The molecule has 0 aromatic heterocycles. The summed E-state index contributed by atoms with van der Waals surface area (Å²) in [5, 5.41) is 10.1. The van der Waals surface area contributed by atoms with Gasteiger partial charge in [0.2, 0.25) is 10.0 Å². The number of thioether (sulfide) groups is 1. The lowest BCUT2D eigenvalue weighted by atomic mass is 10.3. The van der Waals surface area contributed by atoms with Gasteiger partial charge in [-0.15, -0.1) is 11.8 Å². The second-order valence-electron chi connectivity index (χ2n) is 4.62. The summed E-state index contributed by atoms with van der Waals surface area (Å²) < 4.78 is 31.0. The van der Waals surface area contributed by atoms with Crippen molar-refractivity contribution in [3.63, 3.8) is 0 Å². The Balaban J connectivity index is 2.33. The Morgan fingerprint density at radius 3 is 2.83 bits per heavy atom. The van der Waals surface area contributed by atoms with Gasteiger partial charge < -0.3 is 4.74 Å². The Kier molecular flexibility index (Phi) is 5.50. The minimum Gasteiger partial charge on any atom is -0.468 e. The molecule has 1 atom stereocenters. The maximum Gasteiger partial charge on any atom is 0.320 e. The first-order chi connectivity index (χ1) is 10.8. The Morgan fingerprint density at radius 1 is 1.52 bits per heavy atom. The van der Waals surface area contributed by atoms with Crippen molar-refractivity contribution in [1.29, 1.82) is 0 Å². The second-order valence-corrected chi connectivity index (χ2v) is 8.27. The lowest BCUT2D eigenvalue weighted by Crippen LogP contribution is -2.44. The summed E-state index contributed by atoms with van der Waals surface area (Å²) in [6.07, 6.45) is 0. The number of hydrogen-bond donors (Lipinski definition) is 0. The number of rotatable bonds is 4. The van der Waals surface area contributed by atoms with Crippen molar-refractivity contribution in [3.05, 3.63) is 33.3 Å². The van der Waals surface area contributed by atoms with Crippen LogP contribution in [-0.4, -0.2) is 54.8 Å². The number of esters is 1. The molecule has 8 nitrogen and oxygen atoms in total. The van der Waals surface area contributed by atoms with Crippen LogP contribution in [0.15, 0.2) is 23.1 Å². The van der Waals surface area contributed by atoms with E-state index >= 15 is 0 Å². The van der Waals surface area contributed by atoms with Gasteiger partial charge in [-0.2, -0.15) is 4.31 Å². The standard InChI is InChI=1S/C12H13ClN2O6S2/c1-21-12(16)11-7-14(4-5-22-11)23(19,20)8-2-3-9(13)10(6-8)15(17)18/h2-3,6,11H,4-5,7H2,1H3/t11-/m1/s1. The van der Waals surface area contributed by atoms with E-state index in [4.69, 9.17) is 11.6 Å². The van der Waals surface area contributed by atoms with Gasteiger partial charge in [-0.25, -0.2) is 8.42 Å². The number of halogens is 1. The Bertz CT molecular complexity index is 739. The molecule has 1 fully saturated rings. The zero-order valence-electron chi connectivity index (χ0n) is 12.0. The van der Waals surface area contributed by atoms with Gasteiger partial charge in [-0.1, -0.05) is 11.6 Å². The van der Waals surface area contributed by atoms with Crippen molar-refractivity contribution < 1.29 is 22.9 Å². The number of carbonyl (C=O) groups is 1. The van der Waals surface area contributed by atoms with Crippen LogP contribution in [0.2, 0.25) is 5.02 Å². The van der Waals surface area contributed by atoms with E-state index in [9.17, 15) is 23.3 Å². The number of nitro benzene ring substituents is 1. The Labute approximate surface area is 141 Å². The fourth-order valence-corrected chi connectivity index (χ4v) is 5.06. The Hall–Kier alpha value is -1.36. The normalized spacial score (nSPS) is 19.3. The number of hydrogen-bond acceptors (Lipinski definition) is 7. The molecule has 0 amide bonds. The van der Waals surface area contributed by atoms with Gasteiger partial charge in [0.15, 0.2) is 0 Å². The highest BCUT2D eigenvalue weighted by Crippen LogP contribution is 2.30. The summed E-state index contributed by atoms with van der Waals surface area (Å²) in [5.41, 5.74) is -0.483. The molecule has 1 saturated heterocycles. The van der Waals surface area contributed by atoms with E-state index in [-0.39, 0.29) is 23.0 Å². The fraction of sp³-hybridized carbons (Fsp3) is 0.417. The van der Waals surface area contributed by atoms with Crippen LogP contribution in [0.5, 0.6) is 0 Å². The quantitative estimate of drug-likeness (QED) is 0.442. The number of nitro groups is 1. The smallest absolute Gasteiger partial charge is 0.320 e. The third-order valence-electron chi connectivity index (χ3n) is 3.25. The van der Waals surface area contributed by atoms with Crippen LogP contribution in [0.25, 0.3) is 0 Å². The van der Waals surface area contributed by atoms with Crippen LogP contribution in [0.4, 0.5) is 5.69 Å². The van der Waals surface area contributed by atoms with Gasteiger partial charge in [0.05, 0.1) is 16.9 Å². The predicted molar refractivity (Wildman–Crippen MR) is 85.1 cm³/mol. The van der Waals surface area contributed by atoms with Gasteiger partial charge in [-0.3, -0.25) is 14.9 Å². The molecule has 0 spiro atoms. The molecule has 1 heterocycles. The van der Waals surface area contributed by atoms with Crippen LogP contribution in [0.3, 0.4) is 0 Å². The van der Waals surface area contributed by atoms with Gasteiger partial charge in [0.1, 0.15) is 10.3 Å². The van der Waals surface area contributed by atoms with E-state index in [2.05, 4.69) is 4.74 Å². The summed E-state index contributed by atoms with van der Waals surface area (Å²) in [5.74, 6) is -0.0775. The number of ether oxygens (including phenoxy) is 1. The van der Waals surface area contributed by atoms with Gasteiger partial charge in [0, 0.05) is 24.9 Å². The van der Waals surface area contributed by atoms with E-state index in [0.29, 0.717) is 5.75 Å². The highest BCUT2D eigenvalue weighted by atomic mass is 35.5. The van der Waals surface area contributed by atoms with Crippen LogP contribution >= 0.6 is 23.4 Å². The second kappa shape index (κ2) is 7.04. The molecule has 2 rings (SSSR count). The largest absolute Gasteiger partial charge is 0.468 e. The van der Waals surface area contributed by atoms with Crippen LogP contribution < -0.4 is 0 Å². The molecule has 1 aromatic rings. The minimum atomic E-state index is -3.96. The summed E-state index contributed by atoms with van der Waals surface area (Å²) in [7, 11) is -2.73. The number of carbonyl (C=O) groups excluding carboxylic acids is 1. The minimum absolute atomic E-state index is 0.0455. The first-order valence-corrected chi connectivity index (χ1v) is 9.27. The first kappa shape index (κ1) is 18.0. The number of nitrogens with zero attached hydrogens (tertiary/aromatic N) is 2. The van der Waals surface area contributed by atoms with Crippen molar-refractivity contribution in [2.24, 2.45) is 0 Å². The maximum atomic E-state index is 12.6. The highest BCUT2D eigenvalue weighted by molar-refractivity contribution is 8.00. The highest BCUT2D eigenvalue weighted by Gasteiger charge is 2.35. The molecule has 23 heavy (non-hydrogen) atoms. The molecular formula is C12H13ClN2O6S2. The molecule has 126 valence electrons. The van der Waals surface area contributed by atoms with E-state index in [1.54, 1.807) is 0 Å². The SMILES string of the molecule is COC(=O)[C@H]1CN(S(=O)(=O)c2ccc(Cl)c([N+](=O)[O-])c2)CCS1. The third kappa shape index (κ3) is 3.77. The van der Waals surface area contributed by atoms with E-state index in [0.717, 1.165) is 10.4 Å². The zero-order valence-corrected chi connectivity index (χ0v) is 14.4. The molecular weight excluding hydrogens is 368 g/mol. The average Bonchev–Trinajstić information content (AvgIpc) is 2.54. The van der Waals surface area contributed by atoms with E-state index in [1.807, 2.05) is 0 Å². The maximum absolute atomic E-state index is 12.6. The third-order valence-corrected chi connectivity index (χ3v) is 6.59. The van der Waals surface area contributed by atoms with Crippen molar-refractivity contribution in [1.82, 2.24) is 4.31 Å². The molecule has 1 aliphatic heterocycles. The number of methoxy groups -OCH3 is 1. The summed E-state index contributed by atoms with van der Waals surface area (Å²) in [4.78, 5) is 21.5. The van der Waals surface area contributed by atoms with E-state index in [1.165, 1.54) is 31.0 Å². The zero-order chi connectivity index (χ0) is 17.2. The fourth-order valence-electron chi connectivity index (χ4n) is 2.06. The lowest BCUT2D eigenvalue weighted by molar-refractivity contribution is -0.384. The average molecular weight is 381 g/mol. The lowest BCUT2D eigenvalue weighted by Gasteiger charge is -2.30. The number of benzene rings is 1. The van der Waals surface area contributed by atoms with Gasteiger partial charge >= 0.3 is 5.97 Å². The Morgan fingerprint density at radius 2 is 2.22 bits per heavy atom. The van der Waals surface area contributed by atoms with Crippen LogP contribution in [0.1, 0.15) is 0 Å². The first-order valence-electron chi connectivity index (χ1n) is 6.41. The molecule has 0 saturated carbocycles. The summed E-state index contributed by atoms with van der Waals surface area (Å²) in [6.45, 7) is 0.160. The van der Waals surface area contributed by atoms with Gasteiger partial charge in [0.25, 0.3) is 5.69 Å². The predicted octanol–water partition coefficient (Wildman–Crippen LogP) is 1.53. The summed E-state index contributed by atoms with van der Waals surface area (Å²) in [6, 6.07) is 3.30. The molecule has 0 N–H and O–H groups in total. The van der Waals surface area contributed by atoms with Crippen molar-refractivity contribution in [2.45, 2.75) is 10.1 Å². The molecule has 0 bridgehead atoms. The molecule has 1 aliphatic rings. The van der Waals surface area contributed by atoms with Crippen LogP contribution in [0, 0.1) is 10.1 Å². The van der Waals surface area contributed by atoms with Gasteiger partial charge in [-0.05, 0) is 12.1 Å². The van der Waals surface area contributed by atoms with Crippen molar-refractivity contribution >= 4 is 45.0 Å². The summed E-state index contributed by atoms with van der Waals surface area (Å²) >= 11 is 7.01. The molecule has 0 aliphatic carbocycles.